The largest absolute Gasteiger partial charge is 0.397 e. The van der Waals surface area contributed by atoms with Gasteiger partial charge in [0.05, 0.1) is 27.2 Å². The number of benzene rings is 2. The first kappa shape index (κ1) is 14.2. The molecule has 20 heavy (non-hydrogen) atoms. The van der Waals surface area contributed by atoms with E-state index in [0.29, 0.717) is 16.3 Å². The molecule has 0 amide bonds. The monoisotopic (exact) mass is 307 g/mol. The second-order valence-corrected chi connectivity index (χ2v) is 6.07. The van der Waals surface area contributed by atoms with Crippen LogP contribution in [0.5, 0.6) is 0 Å². The second kappa shape index (κ2) is 5.41. The van der Waals surface area contributed by atoms with Crippen molar-refractivity contribution in [3.63, 3.8) is 0 Å². The first-order chi connectivity index (χ1) is 9.42. The minimum Gasteiger partial charge on any atom is -0.397 e. The Hall–Kier alpha value is -2.23. The Balaban J connectivity index is 2.30. The number of anilines is 2. The van der Waals surface area contributed by atoms with E-state index < -0.39 is 10.0 Å². The van der Waals surface area contributed by atoms with Crippen LogP contribution in [0.15, 0.2) is 47.4 Å². The molecule has 0 saturated carbocycles. The van der Waals surface area contributed by atoms with Gasteiger partial charge in [0.1, 0.15) is 0 Å². The molecule has 0 aliphatic rings. The number of halogens is 1. The van der Waals surface area contributed by atoms with Crippen molar-refractivity contribution in [1.82, 2.24) is 0 Å². The van der Waals surface area contributed by atoms with Crippen molar-refractivity contribution in [3.8, 4) is 6.07 Å². The fraction of sp³-hybridized carbons (Fsp3) is 0. The molecule has 3 N–H and O–H groups in total. The first-order valence-electron chi connectivity index (χ1n) is 5.50. The summed E-state index contributed by atoms with van der Waals surface area (Å²) in [7, 11) is -3.74. The van der Waals surface area contributed by atoms with E-state index in [1.807, 2.05) is 6.07 Å². The number of nitrogens with two attached hydrogens (primary N) is 1. The summed E-state index contributed by atoms with van der Waals surface area (Å²) in [5.41, 5.74) is 6.58. The molecule has 0 heterocycles. The third kappa shape index (κ3) is 3.02. The Bertz CT molecular complexity index is 780. The quantitative estimate of drug-likeness (QED) is 0.852. The number of nitriles is 1. The number of sulfonamides is 1. The molecule has 2 aromatic carbocycles. The van der Waals surface area contributed by atoms with Crippen molar-refractivity contribution < 1.29 is 8.42 Å². The predicted octanol–water partition coefficient (Wildman–Crippen LogP) is 2.59. The Morgan fingerprint density at radius 2 is 1.80 bits per heavy atom. The molecular formula is C13H10ClN3O2S. The number of nitrogen functional groups attached to an aromatic ring is 1. The lowest BCUT2D eigenvalue weighted by molar-refractivity contribution is 0.601. The Labute approximate surface area is 121 Å². The summed E-state index contributed by atoms with van der Waals surface area (Å²) in [5, 5.41) is 8.97. The summed E-state index contributed by atoms with van der Waals surface area (Å²) < 4.78 is 26.7. The van der Waals surface area contributed by atoms with E-state index in [9.17, 15) is 8.42 Å². The molecule has 0 bridgehead atoms. The fourth-order valence-corrected chi connectivity index (χ4v) is 2.73. The van der Waals surface area contributed by atoms with E-state index in [1.165, 1.54) is 42.5 Å². The van der Waals surface area contributed by atoms with Crippen LogP contribution in [0.4, 0.5) is 11.4 Å². The third-order valence-electron chi connectivity index (χ3n) is 2.54. The molecule has 0 spiro atoms. The predicted molar refractivity (Wildman–Crippen MR) is 77.8 cm³/mol. The third-order valence-corrected chi connectivity index (χ3v) is 4.27. The molecule has 7 heteroatoms. The van der Waals surface area contributed by atoms with Crippen molar-refractivity contribution in [3.05, 3.63) is 53.1 Å². The van der Waals surface area contributed by atoms with Crippen molar-refractivity contribution in [2.75, 3.05) is 10.5 Å². The van der Waals surface area contributed by atoms with Crippen molar-refractivity contribution in [2.45, 2.75) is 4.90 Å². The number of hydrogen-bond acceptors (Lipinski definition) is 4. The summed E-state index contributed by atoms with van der Waals surface area (Å²) in [5.74, 6) is 0. The highest BCUT2D eigenvalue weighted by Gasteiger charge is 2.15. The van der Waals surface area contributed by atoms with Crippen molar-refractivity contribution in [1.29, 1.82) is 5.26 Å². The summed E-state index contributed by atoms with van der Waals surface area (Å²) in [6.07, 6.45) is 0. The average Bonchev–Trinajstić information content (AvgIpc) is 2.42. The van der Waals surface area contributed by atoms with E-state index >= 15 is 0 Å². The van der Waals surface area contributed by atoms with Crippen LogP contribution in [0.25, 0.3) is 0 Å². The minimum atomic E-state index is -3.74. The van der Waals surface area contributed by atoms with Crippen molar-refractivity contribution in [2.24, 2.45) is 0 Å². The van der Waals surface area contributed by atoms with Gasteiger partial charge in [-0.1, -0.05) is 11.6 Å². The SMILES string of the molecule is N#Cc1ccc(NS(=O)(=O)c2ccc(Cl)c(N)c2)cc1. The molecule has 5 nitrogen and oxygen atoms in total. The van der Waals surface area contributed by atoms with Crippen LogP contribution >= 0.6 is 11.6 Å². The Morgan fingerprint density at radius 3 is 2.35 bits per heavy atom. The van der Waals surface area contributed by atoms with E-state index in [1.54, 1.807) is 0 Å². The second-order valence-electron chi connectivity index (χ2n) is 3.98. The lowest BCUT2D eigenvalue weighted by Gasteiger charge is -2.09. The maximum atomic E-state index is 12.1. The van der Waals surface area contributed by atoms with E-state index in [2.05, 4.69) is 4.72 Å². The van der Waals surface area contributed by atoms with Crippen molar-refractivity contribution >= 4 is 33.0 Å². The van der Waals surface area contributed by atoms with Gasteiger partial charge in [-0.2, -0.15) is 5.26 Å². The smallest absolute Gasteiger partial charge is 0.261 e. The Kier molecular flexibility index (Phi) is 3.84. The number of rotatable bonds is 3. The molecule has 0 unspecified atom stereocenters. The van der Waals surface area contributed by atoms with Gasteiger partial charge in [-0.15, -0.1) is 0 Å². The van der Waals surface area contributed by atoms with Gasteiger partial charge in [-0.3, -0.25) is 4.72 Å². The van der Waals surface area contributed by atoms with Gasteiger partial charge in [-0.25, -0.2) is 8.42 Å². The van der Waals surface area contributed by atoms with Crippen LogP contribution in [0.3, 0.4) is 0 Å². The first-order valence-corrected chi connectivity index (χ1v) is 7.36. The average molecular weight is 308 g/mol. The van der Waals surface area contributed by atoms with E-state index in [0.717, 1.165) is 0 Å². The van der Waals surface area contributed by atoms with E-state index in [4.69, 9.17) is 22.6 Å². The topological polar surface area (TPSA) is 96.0 Å². The molecule has 0 aliphatic heterocycles. The highest BCUT2D eigenvalue weighted by molar-refractivity contribution is 7.92. The van der Waals surface area contributed by atoms with Gasteiger partial charge >= 0.3 is 0 Å². The number of hydrogen-bond donors (Lipinski definition) is 2. The van der Waals surface area contributed by atoms with Gasteiger partial charge in [-0.05, 0) is 42.5 Å². The molecule has 102 valence electrons. The summed E-state index contributed by atoms with van der Waals surface area (Å²) >= 11 is 5.75. The summed E-state index contributed by atoms with van der Waals surface area (Å²) in [4.78, 5) is 0.0174. The van der Waals surface area contributed by atoms with Gasteiger partial charge < -0.3 is 5.73 Å². The number of nitrogens with one attached hydrogen (secondary N) is 1. The normalized spacial score (nSPS) is 10.8. The standard InChI is InChI=1S/C13H10ClN3O2S/c14-12-6-5-11(7-13(12)16)20(18,19)17-10-3-1-9(8-15)2-4-10/h1-7,17H,16H2. The molecule has 0 aliphatic carbocycles. The molecule has 0 saturated heterocycles. The van der Waals surface area contributed by atoms with Crippen LogP contribution in [-0.2, 0) is 10.0 Å². The van der Waals surface area contributed by atoms with Gasteiger partial charge in [0.15, 0.2) is 0 Å². The number of nitrogens with zero attached hydrogens (tertiary/aromatic N) is 1. The molecule has 0 aromatic heterocycles. The van der Waals surface area contributed by atoms with Crippen LogP contribution in [0.1, 0.15) is 5.56 Å². The van der Waals surface area contributed by atoms with Crippen LogP contribution < -0.4 is 10.5 Å². The lowest BCUT2D eigenvalue weighted by atomic mass is 10.2. The maximum Gasteiger partial charge on any atom is 0.261 e. The molecule has 0 atom stereocenters. The Morgan fingerprint density at radius 1 is 1.15 bits per heavy atom. The zero-order chi connectivity index (χ0) is 14.8. The molecule has 2 aromatic rings. The van der Waals surface area contributed by atoms with Gasteiger partial charge in [0.2, 0.25) is 0 Å². The molecule has 2 rings (SSSR count). The summed E-state index contributed by atoms with van der Waals surface area (Å²) in [6, 6.07) is 12.1. The van der Waals surface area contributed by atoms with E-state index in [-0.39, 0.29) is 10.6 Å². The highest BCUT2D eigenvalue weighted by Crippen LogP contribution is 2.23. The van der Waals surface area contributed by atoms with Gasteiger partial charge in [0.25, 0.3) is 10.0 Å². The highest BCUT2D eigenvalue weighted by atomic mass is 35.5. The maximum absolute atomic E-state index is 12.1. The minimum absolute atomic E-state index is 0.0174. The molecule has 0 radical (unpaired) electrons. The van der Waals surface area contributed by atoms with Crippen LogP contribution in [-0.4, -0.2) is 8.42 Å². The molecule has 0 fully saturated rings. The zero-order valence-corrected chi connectivity index (χ0v) is 11.7. The van der Waals surface area contributed by atoms with Gasteiger partial charge in [0, 0.05) is 5.69 Å². The zero-order valence-electron chi connectivity index (χ0n) is 10.2. The van der Waals surface area contributed by atoms with Crippen LogP contribution in [0, 0.1) is 11.3 Å². The summed E-state index contributed by atoms with van der Waals surface area (Å²) in [6.45, 7) is 0. The fourth-order valence-electron chi connectivity index (χ4n) is 1.52. The van der Waals surface area contributed by atoms with Crippen LogP contribution in [0.2, 0.25) is 5.02 Å². The molecular weight excluding hydrogens is 298 g/mol. The lowest BCUT2D eigenvalue weighted by Crippen LogP contribution is -2.13.